The highest BCUT2D eigenvalue weighted by Crippen LogP contribution is 2.26. The van der Waals surface area contributed by atoms with Crippen molar-refractivity contribution in [2.45, 2.75) is 23.7 Å². The van der Waals surface area contributed by atoms with E-state index in [-0.39, 0.29) is 28.7 Å². The molecule has 1 aromatic carbocycles. The van der Waals surface area contributed by atoms with E-state index in [0.29, 0.717) is 31.0 Å². The molecular formula is C22H22N4O4S. The molecule has 1 aliphatic rings. The zero-order valence-corrected chi connectivity index (χ0v) is 17.8. The minimum absolute atomic E-state index is 0.0413. The molecule has 3 aromatic rings. The maximum Gasteiger partial charge on any atom is 0.251 e. The lowest BCUT2D eigenvalue weighted by Crippen LogP contribution is -2.30. The molecule has 2 aromatic heterocycles. The third kappa shape index (κ3) is 4.88. The number of nitrogens with zero attached hydrogens (tertiary/aromatic N) is 3. The van der Waals surface area contributed by atoms with Gasteiger partial charge in [0, 0.05) is 49.3 Å². The highest BCUT2D eigenvalue weighted by Gasteiger charge is 2.29. The predicted octanol–water partition coefficient (Wildman–Crippen LogP) is 1.79. The minimum atomic E-state index is -3.26. The van der Waals surface area contributed by atoms with Crippen molar-refractivity contribution in [3.8, 4) is 11.3 Å². The van der Waals surface area contributed by atoms with E-state index in [4.69, 9.17) is 0 Å². The summed E-state index contributed by atoms with van der Waals surface area (Å²) >= 11 is 0. The van der Waals surface area contributed by atoms with Crippen LogP contribution in [-0.2, 0) is 21.1 Å². The van der Waals surface area contributed by atoms with Gasteiger partial charge in [0.25, 0.3) is 5.56 Å². The van der Waals surface area contributed by atoms with Gasteiger partial charge in [0.2, 0.25) is 5.91 Å². The number of aromatic amines is 1. The number of nitrogens with one attached hydrogen (secondary N) is 1. The van der Waals surface area contributed by atoms with Gasteiger partial charge >= 0.3 is 0 Å². The van der Waals surface area contributed by atoms with Crippen LogP contribution < -0.4 is 5.56 Å². The number of likely N-dealkylation sites (tertiary alicyclic amines) is 1. The average molecular weight is 439 g/mol. The fraction of sp³-hybridized carbons (Fsp3) is 0.273. The van der Waals surface area contributed by atoms with Crippen LogP contribution in [0, 0.1) is 0 Å². The van der Waals surface area contributed by atoms with Gasteiger partial charge in [-0.25, -0.2) is 13.4 Å². The van der Waals surface area contributed by atoms with E-state index in [0.717, 1.165) is 17.4 Å². The molecule has 8 nitrogen and oxygen atoms in total. The van der Waals surface area contributed by atoms with Crippen molar-refractivity contribution < 1.29 is 13.2 Å². The minimum Gasteiger partial charge on any atom is -0.342 e. The molecule has 160 valence electrons. The van der Waals surface area contributed by atoms with Crippen LogP contribution in [0.2, 0.25) is 0 Å². The molecule has 0 bridgehead atoms. The van der Waals surface area contributed by atoms with E-state index in [2.05, 4.69) is 15.0 Å². The number of sulfone groups is 1. The summed E-state index contributed by atoms with van der Waals surface area (Å²) in [5, 5.41) is 0. The largest absolute Gasteiger partial charge is 0.342 e. The third-order valence-electron chi connectivity index (χ3n) is 5.35. The Hall–Kier alpha value is -3.33. The highest BCUT2D eigenvalue weighted by molar-refractivity contribution is 7.90. The number of carbonyl (C=O) groups excluding carboxylic acids is 1. The van der Waals surface area contributed by atoms with E-state index >= 15 is 0 Å². The molecule has 9 heteroatoms. The Bertz CT molecular complexity index is 1250. The molecule has 1 fully saturated rings. The van der Waals surface area contributed by atoms with Crippen LogP contribution in [0.15, 0.2) is 64.5 Å². The van der Waals surface area contributed by atoms with Crippen LogP contribution in [0.3, 0.4) is 0 Å². The molecular weight excluding hydrogens is 416 g/mol. The first-order valence-electron chi connectivity index (χ1n) is 9.88. The van der Waals surface area contributed by atoms with Crippen molar-refractivity contribution >= 4 is 15.7 Å². The van der Waals surface area contributed by atoms with Gasteiger partial charge in [-0.3, -0.25) is 14.6 Å². The molecule has 31 heavy (non-hydrogen) atoms. The Morgan fingerprint density at radius 3 is 2.68 bits per heavy atom. The summed E-state index contributed by atoms with van der Waals surface area (Å²) in [5.41, 5.74) is 1.84. The van der Waals surface area contributed by atoms with Crippen LogP contribution in [0.1, 0.15) is 23.7 Å². The second-order valence-corrected chi connectivity index (χ2v) is 9.69. The Labute approximate surface area is 179 Å². The van der Waals surface area contributed by atoms with E-state index < -0.39 is 9.84 Å². The zero-order valence-electron chi connectivity index (χ0n) is 17.0. The van der Waals surface area contributed by atoms with Gasteiger partial charge < -0.3 is 9.88 Å². The summed E-state index contributed by atoms with van der Waals surface area (Å²) in [6, 6.07) is 11.4. The molecule has 1 aliphatic heterocycles. The Balaban J connectivity index is 1.45. The van der Waals surface area contributed by atoms with Crippen molar-refractivity contribution in [1.29, 1.82) is 0 Å². The van der Waals surface area contributed by atoms with Crippen molar-refractivity contribution in [2.24, 2.45) is 0 Å². The molecule has 1 amide bonds. The standard InChI is InChI=1S/C22H22N4O4S/c1-31(29,30)18-6-4-15(5-7-18)11-21(28)26-10-8-17(14-26)22-24-19(12-20(27)25-22)16-3-2-9-23-13-16/h2-7,9,12-13,17H,8,10-11,14H2,1H3,(H,24,25,27). The topological polar surface area (TPSA) is 113 Å². The van der Waals surface area contributed by atoms with Crippen molar-refractivity contribution in [3.05, 3.63) is 76.6 Å². The molecule has 0 spiro atoms. The van der Waals surface area contributed by atoms with E-state index in [1.54, 1.807) is 35.5 Å². The number of carbonyl (C=O) groups is 1. The predicted molar refractivity (Wildman–Crippen MR) is 115 cm³/mol. The molecule has 1 unspecified atom stereocenters. The molecule has 1 atom stereocenters. The Morgan fingerprint density at radius 1 is 1.23 bits per heavy atom. The summed E-state index contributed by atoms with van der Waals surface area (Å²) in [7, 11) is -3.26. The summed E-state index contributed by atoms with van der Waals surface area (Å²) in [6.45, 7) is 1.05. The van der Waals surface area contributed by atoms with E-state index in [9.17, 15) is 18.0 Å². The van der Waals surface area contributed by atoms with Gasteiger partial charge in [0.15, 0.2) is 9.84 Å². The number of aromatic nitrogens is 3. The first-order valence-corrected chi connectivity index (χ1v) is 11.8. The maximum absolute atomic E-state index is 12.7. The summed E-state index contributed by atoms with van der Waals surface area (Å²) in [5.74, 6) is 0.473. The number of benzene rings is 1. The van der Waals surface area contributed by atoms with Gasteiger partial charge in [0.1, 0.15) is 5.82 Å². The third-order valence-corrected chi connectivity index (χ3v) is 6.48. The molecule has 1 N–H and O–H groups in total. The lowest BCUT2D eigenvalue weighted by molar-refractivity contribution is -0.129. The van der Waals surface area contributed by atoms with Gasteiger partial charge in [0.05, 0.1) is 17.0 Å². The van der Waals surface area contributed by atoms with Crippen LogP contribution in [0.25, 0.3) is 11.3 Å². The Morgan fingerprint density at radius 2 is 2.00 bits per heavy atom. The van der Waals surface area contributed by atoms with Crippen LogP contribution in [-0.4, -0.2) is 53.5 Å². The summed E-state index contributed by atoms with van der Waals surface area (Å²) in [4.78, 5) is 38.4. The molecule has 1 saturated heterocycles. The first-order chi connectivity index (χ1) is 14.8. The number of pyridine rings is 1. The van der Waals surface area contributed by atoms with Gasteiger partial charge in [-0.1, -0.05) is 12.1 Å². The molecule has 3 heterocycles. The molecule has 0 saturated carbocycles. The number of amides is 1. The van der Waals surface area contributed by atoms with E-state index in [1.165, 1.54) is 18.2 Å². The van der Waals surface area contributed by atoms with Gasteiger partial charge in [-0.15, -0.1) is 0 Å². The normalized spacial score (nSPS) is 16.4. The number of H-pyrrole nitrogens is 1. The van der Waals surface area contributed by atoms with Gasteiger partial charge in [-0.2, -0.15) is 0 Å². The smallest absolute Gasteiger partial charge is 0.251 e. The lowest BCUT2D eigenvalue weighted by Gasteiger charge is -2.17. The van der Waals surface area contributed by atoms with Crippen LogP contribution >= 0.6 is 0 Å². The molecule has 4 rings (SSSR count). The van der Waals surface area contributed by atoms with E-state index in [1.807, 2.05) is 6.07 Å². The van der Waals surface area contributed by atoms with Crippen LogP contribution in [0.4, 0.5) is 0 Å². The van der Waals surface area contributed by atoms with Crippen molar-refractivity contribution in [1.82, 2.24) is 19.9 Å². The second-order valence-electron chi connectivity index (χ2n) is 7.68. The fourth-order valence-electron chi connectivity index (χ4n) is 3.68. The average Bonchev–Trinajstić information content (AvgIpc) is 3.24. The molecule has 0 radical (unpaired) electrons. The quantitative estimate of drug-likeness (QED) is 0.650. The monoisotopic (exact) mass is 438 g/mol. The number of rotatable bonds is 5. The number of hydrogen-bond acceptors (Lipinski definition) is 6. The fourth-order valence-corrected chi connectivity index (χ4v) is 4.31. The van der Waals surface area contributed by atoms with Crippen LogP contribution in [0.5, 0.6) is 0 Å². The first kappa shape index (κ1) is 20.9. The SMILES string of the molecule is CS(=O)(=O)c1ccc(CC(=O)N2CCC(c3nc(-c4cccnc4)cc(=O)[nH]3)C2)cc1. The van der Waals surface area contributed by atoms with Crippen molar-refractivity contribution in [3.63, 3.8) is 0 Å². The lowest BCUT2D eigenvalue weighted by atomic mass is 10.1. The highest BCUT2D eigenvalue weighted by atomic mass is 32.2. The summed E-state index contributed by atoms with van der Waals surface area (Å²) in [6.07, 6.45) is 5.37. The zero-order chi connectivity index (χ0) is 22.0. The van der Waals surface area contributed by atoms with Gasteiger partial charge in [-0.05, 0) is 36.2 Å². The summed E-state index contributed by atoms with van der Waals surface area (Å²) < 4.78 is 23.2. The second kappa shape index (κ2) is 8.43. The maximum atomic E-state index is 12.7. The number of hydrogen-bond donors (Lipinski definition) is 1. The van der Waals surface area contributed by atoms with Crippen molar-refractivity contribution in [2.75, 3.05) is 19.3 Å². The Kier molecular flexibility index (Phi) is 5.69. The molecule has 0 aliphatic carbocycles.